The summed E-state index contributed by atoms with van der Waals surface area (Å²) < 4.78 is 4.92. The van der Waals surface area contributed by atoms with Crippen molar-refractivity contribution in [2.45, 2.75) is 13.1 Å². The number of ether oxygens (including phenoxy) is 1. The summed E-state index contributed by atoms with van der Waals surface area (Å²) in [4.78, 5) is 32.6. The number of hydrogen-bond acceptors (Lipinski definition) is 5. The molecular weight excluding hydrogens is 334 g/mol. The second-order valence-electron chi connectivity index (χ2n) is 5.74. The highest BCUT2D eigenvalue weighted by molar-refractivity contribution is 6.02. The molecule has 1 aliphatic heterocycles. The van der Waals surface area contributed by atoms with Crippen molar-refractivity contribution >= 4 is 28.7 Å². The largest absolute Gasteiger partial charge is 0.449 e. The number of carbonyl (C=O) groups excluding carboxylic acids is 2. The Morgan fingerprint density at radius 3 is 2.81 bits per heavy atom. The lowest BCUT2D eigenvalue weighted by Crippen LogP contribution is -2.53. The van der Waals surface area contributed by atoms with Gasteiger partial charge in [0, 0.05) is 5.69 Å². The Bertz CT molecular complexity index is 951. The summed E-state index contributed by atoms with van der Waals surface area (Å²) in [6.07, 6.45) is -1.41. The Hall–Kier alpha value is -3.55. The van der Waals surface area contributed by atoms with Gasteiger partial charge in [-0.15, -0.1) is 0 Å². The van der Waals surface area contributed by atoms with E-state index in [-0.39, 0.29) is 12.5 Å². The van der Waals surface area contributed by atoms with Crippen molar-refractivity contribution in [3.05, 3.63) is 59.9 Å². The number of fused-ring (bicyclic) bond motifs is 2. The van der Waals surface area contributed by atoms with Crippen LogP contribution in [0.3, 0.4) is 0 Å². The summed E-state index contributed by atoms with van der Waals surface area (Å²) in [5.41, 5.74) is 5.24. The third-order valence-electron chi connectivity index (χ3n) is 4.08. The lowest BCUT2D eigenvalue weighted by molar-refractivity contribution is 0.0497. The Balaban J connectivity index is 1.76. The standard InChI is InChI=1S/C18H17N5O3/c1-2-26-18(25)22-23-16(15-19-13-9-5-6-10-14(13)20-15)21-12-8-4-3-7-11(12)17(23)24/h3-10,16,21H,2H2,1H3,(H,19,20)(H,22,25)/t16-/m1/s1. The fraction of sp³-hybridized carbons (Fsp3) is 0.167. The molecule has 2 aromatic carbocycles. The molecule has 0 aliphatic carbocycles. The zero-order chi connectivity index (χ0) is 18.1. The van der Waals surface area contributed by atoms with Gasteiger partial charge in [-0.05, 0) is 31.2 Å². The van der Waals surface area contributed by atoms with E-state index >= 15 is 0 Å². The lowest BCUT2D eigenvalue weighted by atomic mass is 10.1. The molecule has 0 bridgehead atoms. The highest BCUT2D eigenvalue weighted by Crippen LogP contribution is 2.31. The molecular formula is C18H17N5O3. The Labute approximate surface area is 149 Å². The molecule has 132 valence electrons. The van der Waals surface area contributed by atoms with E-state index in [1.807, 2.05) is 36.4 Å². The predicted octanol–water partition coefficient (Wildman–Crippen LogP) is 2.79. The molecule has 3 N–H and O–H groups in total. The summed E-state index contributed by atoms with van der Waals surface area (Å²) in [5, 5.41) is 4.44. The van der Waals surface area contributed by atoms with E-state index in [1.165, 1.54) is 5.01 Å². The lowest BCUT2D eigenvalue weighted by Gasteiger charge is -2.35. The maximum atomic E-state index is 12.9. The van der Waals surface area contributed by atoms with Crippen molar-refractivity contribution < 1.29 is 14.3 Å². The van der Waals surface area contributed by atoms with Gasteiger partial charge in [-0.2, -0.15) is 0 Å². The Morgan fingerprint density at radius 2 is 2.00 bits per heavy atom. The summed E-state index contributed by atoms with van der Waals surface area (Å²) in [5.74, 6) is 0.156. The van der Waals surface area contributed by atoms with Crippen LogP contribution >= 0.6 is 0 Å². The van der Waals surface area contributed by atoms with Crippen molar-refractivity contribution in [3.63, 3.8) is 0 Å². The number of aromatic nitrogens is 2. The van der Waals surface area contributed by atoms with Crippen LogP contribution in [0, 0.1) is 0 Å². The molecule has 1 atom stereocenters. The first-order valence-electron chi connectivity index (χ1n) is 8.24. The molecule has 0 spiro atoms. The van der Waals surface area contributed by atoms with Gasteiger partial charge in [0.1, 0.15) is 0 Å². The third kappa shape index (κ3) is 2.71. The number of aromatic amines is 1. The number of imidazole rings is 1. The number of carbonyl (C=O) groups is 2. The van der Waals surface area contributed by atoms with Gasteiger partial charge < -0.3 is 15.0 Å². The smallest absolute Gasteiger partial charge is 0.426 e. The zero-order valence-corrected chi connectivity index (χ0v) is 14.0. The van der Waals surface area contributed by atoms with Gasteiger partial charge in [0.25, 0.3) is 5.91 Å². The predicted molar refractivity (Wildman–Crippen MR) is 95.2 cm³/mol. The van der Waals surface area contributed by atoms with E-state index in [0.717, 1.165) is 11.0 Å². The van der Waals surface area contributed by atoms with E-state index in [1.54, 1.807) is 19.1 Å². The Kier molecular flexibility index (Phi) is 3.92. The second kappa shape index (κ2) is 6.40. The number of amides is 2. The van der Waals surface area contributed by atoms with E-state index < -0.39 is 12.3 Å². The van der Waals surface area contributed by atoms with E-state index in [4.69, 9.17) is 4.74 Å². The van der Waals surface area contributed by atoms with Crippen LogP contribution in [0.5, 0.6) is 0 Å². The number of para-hydroxylation sites is 3. The van der Waals surface area contributed by atoms with Gasteiger partial charge in [0.05, 0.1) is 23.2 Å². The van der Waals surface area contributed by atoms with Crippen LogP contribution in [0.4, 0.5) is 10.5 Å². The average Bonchev–Trinajstić information content (AvgIpc) is 3.08. The number of benzene rings is 2. The van der Waals surface area contributed by atoms with E-state index in [9.17, 15) is 9.59 Å². The molecule has 0 saturated heterocycles. The molecule has 0 saturated carbocycles. The summed E-state index contributed by atoms with van der Waals surface area (Å²) in [6.45, 7) is 1.90. The molecule has 1 aromatic heterocycles. The summed E-state index contributed by atoms with van der Waals surface area (Å²) in [7, 11) is 0. The number of rotatable bonds is 3. The van der Waals surface area contributed by atoms with Crippen LogP contribution in [0.2, 0.25) is 0 Å². The summed E-state index contributed by atoms with van der Waals surface area (Å²) >= 11 is 0. The van der Waals surface area contributed by atoms with Crippen molar-refractivity contribution in [1.82, 2.24) is 20.4 Å². The first-order chi connectivity index (χ1) is 12.7. The maximum absolute atomic E-state index is 12.9. The highest BCUT2D eigenvalue weighted by Gasteiger charge is 2.36. The van der Waals surface area contributed by atoms with Crippen LogP contribution in [0.25, 0.3) is 11.0 Å². The minimum atomic E-state index is -0.705. The van der Waals surface area contributed by atoms with Gasteiger partial charge in [-0.1, -0.05) is 24.3 Å². The van der Waals surface area contributed by atoms with E-state index in [0.29, 0.717) is 17.1 Å². The molecule has 1 aliphatic rings. The van der Waals surface area contributed by atoms with Crippen LogP contribution in [-0.2, 0) is 4.74 Å². The molecule has 2 amide bonds. The normalized spacial score (nSPS) is 16.1. The fourth-order valence-electron chi connectivity index (χ4n) is 2.92. The van der Waals surface area contributed by atoms with Gasteiger partial charge in [0.15, 0.2) is 12.0 Å². The molecule has 8 heteroatoms. The van der Waals surface area contributed by atoms with Crippen LogP contribution in [0.1, 0.15) is 29.3 Å². The number of nitrogens with zero attached hydrogens (tertiary/aromatic N) is 2. The molecule has 0 fully saturated rings. The average molecular weight is 351 g/mol. The fourth-order valence-corrected chi connectivity index (χ4v) is 2.92. The van der Waals surface area contributed by atoms with Gasteiger partial charge >= 0.3 is 6.09 Å². The van der Waals surface area contributed by atoms with Crippen LogP contribution < -0.4 is 10.7 Å². The second-order valence-corrected chi connectivity index (χ2v) is 5.74. The molecule has 3 aromatic rings. The van der Waals surface area contributed by atoms with Crippen LogP contribution in [0.15, 0.2) is 48.5 Å². The van der Waals surface area contributed by atoms with Crippen molar-refractivity contribution in [2.75, 3.05) is 11.9 Å². The number of H-pyrrole nitrogens is 1. The minimum Gasteiger partial charge on any atom is -0.449 e. The first-order valence-corrected chi connectivity index (χ1v) is 8.24. The minimum absolute atomic E-state index is 0.202. The van der Waals surface area contributed by atoms with Gasteiger partial charge in [0.2, 0.25) is 0 Å². The molecule has 8 nitrogen and oxygen atoms in total. The molecule has 2 heterocycles. The highest BCUT2D eigenvalue weighted by atomic mass is 16.6. The van der Waals surface area contributed by atoms with Crippen molar-refractivity contribution in [2.24, 2.45) is 0 Å². The molecule has 26 heavy (non-hydrogen) atoms. The number of anilines is 1. The van der Waals surface area contributed by atoms with Crippen LogP contribution in [-0.4, -0.2) is 33.6 Å². The topological polar surface area (TPSA) is 99.3 Å². The van der Waals surface area contributed by atoms with Crippen molar-refractivity contribution in [1.29, 1.82) is 0 Å². The summed E-state index contributed by atoms with van der Waals surface area (Å²) in [6, 6.07) is 14.7. The first kappa shape index (κ1) is 15.9. The monoisotopic (exact) mass is 351 g/mol. The van der Waals surface area contributed by atoms with Gasteiger partial charge in [-0.25, -0.2) is 20.2 Å². The van der Waals surface area contributed by atoms with Crippen molar-refractivity contribution in [3.8, 4) is 0 Å². The number of nitrogens with one attached hydrogen (secondary N) is 3. The maximum Gasteiger partial charge on any atom is 0.426 e. The van der Waals surface area contributed by atoms with E-state index in [2.05, 4.69) is 20.7 Å². The quantitative estimate of drug-likeness (QED) is 0.674. The number of hydrogen-bond donors (Lipinski definition) is 3. The number of hydrazine groups is 1. The molecule has 0 unspecified atom stereocenters. The third-order valence-corrected chi connectivity index (χ3v) is 4.08. The SMILES string of the molecule is CCOC(=O)NN1C(=O)c2ccccc2N[C@H]1c1nc2ccccc2[nH]1. The Morgan fingerprint density at radius 1 is 1.23 bits per heavy atom. The molecule has 0 radical (unpaired) electrons. The zero-order valence-electron chi connectivity index (χ0n) is 14.0. The molecule has 4 rings (SSSR count). The van der Waals surface area contributed by atoms with Gasteiger partial charge in [-0.3, -0.25) is 4.79 Å².